The fourth-order valence-corrected chi connectivity index (χ4v) is 3.80. The summed E-state index contributed by atoms with van der Waals surface area (Å²) in [6.45, 7) is 7.80. The zero-order valence-electron chi connectivity index (χ0n) is 11.4. The molecule has 1 unspecified atom stereocenters. The number of ether oxygens (including phenoxy) is 1. The second-order valence-electron chi connectivity index (χ2n) is 4.77. The number of hydrogen-bond acceptors (Lipinski definition) is 4. The van der Waals surface area contributed by atoms with Gasteiger partial charge in [0.05, 0.1) is 12.6 Å². The Labute approximate surface area is 122 Å². The SMILES string of the molecule is COCCN(CC(C)C)C(CN)c1sccc1Br. The number of thiophene rings is 1. The van der Waals surface area contributed by atoms with Crippen molar-refractivity contribution in [2.45, 2.75) is 19.9 Å². The van der Waals surface area contributed by atoms with Crippen molar-refractivity contribution in [2.24, 2.45) is 11.7 Å². The van der Waals surface area contributed by atoms with Gasteiger partial charge < -0.3 is 10.5 Å². The molecule has 0 aliphatic heterocycles. The van der Waals surface area contributed by atoms with Crippen LogP contribution in [-0.4, -0.2) is 38.3 Å². The highest BCUT2D eigenvalue weighted by molar-refractivity contribution is 9.10. The van der Waals surface area contributed by atoms with E-state index < -0.39 is 0 Å². The van der Waals surface area contributed by atoms with Gasteiger partial charge in [-0.1, -0.05) is 13.8 Å². The maximum absolute atomic E-state index is 5.98. The fourth-order valence-electron chi connectivity index (χ4n) is 2.02. The molecule has 0 radical (unpaired) electrons. The third-order valence-corrected chi connectivity index (χ3v) is 4.77. The lowest BCUT2D eigenvalue weighted by Gasteiger charge is -2.31. The molecule has 0 aliphatic carbocycles. The van der Waals surface area contributed by atoms with Gasteiger partial charge in [-0.2, -0.15) is 0 Å². The Morgan fingerprint density at radius 1 is 1.50 bits per heavy atom. The molecule has 0 fully saturated rings. The van der Waals surface area contributed by atoms with Crippen molar-refractivity contribution in [2.75, 3.05) is 33.4 Å². The molecule has 5 heteroatoms. The standard InChI is InChI=1S/C13H23BrN2OS/c1-10(2)9-16(5-6-17-3)12(8-15)13-11(14)4-7-18-13/h4,7,10,12H,5-6,8-9,15H2,1-3H3. The van der Waals surface area contributed by atoms with Crippen LogP contribution in [0.5, 0.6) is 0 Å². The molecule has 0 saturated carbocycles. The summed E-state index contributed by atoms with van der Waals surface area (Å²) in [7, 11) is 1.74. The van der Waals surface area contributed by atoms with Crippen molar-refractivity contribution >= 4 is 27.3 Å². The van der Waals surface area contributed by atoms with Crippen LogP contribution in [0.15, 0.2) is 15.9 Å². The Morgan fingerprint density at radius 2 is 2.22 bits per heavy atom. The first-order chi connectivity index (χ1) is 8.60. The topological polar surface area (TPSA) is 38.5 Å². The lowest BCUT2D eigenvalue weighted by molar-refractivity contribution is 0.113. The van der Waals surface area contributed by atoms with Gasteiger partial charge in [0.25, 0.3) is 0 Å². The largest absolute Gasteiger partial charge is 0.383 e. The molecule has 0 spiro atoms. The van der Waals surface area contributed by atoms with Gasteiger partial charge in [0.15, 0.2) is 0 Å². The number of halogens is 1. The Kier molecular flexibility index (Phi) is 7.41. The molecule has 1 heterocycles. The minimum absolute atomic E-state index is 0.275. The third-order valence-electron chi connectivity index (χ3n) is 2.79. The smallest absolute Gasteiger partial charge is 0.0589 e. The summed E-state index contributed by atoms with van der Waals surface area (Å²) < 4.78 is 6.37. The minimum Gasteiger partial charge on any atom is -0.383 e. The first-order valence-electron chi connectivity index (χ1n) is 6.26. The first kappa shape index (κ1) is 16.1. The average molecular weight is 335 g/mol. The highest BCUT2D eigenvalue weighted by atomic mass is 79.9. The van der Waals surface area contributed by atoms with Gasteiger partial charge in [0.2, 0.25) is 0 Å². The predicted molar refractivity (Wildman–Crippen MR) is 82.1 cm³/mol. The van der Waals surface area contributed by atoms with Gasteiger partial charge in [-0.05, 0) is 33.3 Å². The van der Waals surface area contributed by atoms with Gasteiger partial charge in [0.1, 0.15) is 0 Å². The van der Waals surface area contributed by atoms with Crippen LogP contribution in [0, 0.1) is 5.92 Å². The predicted octanol–water partition coefficient (Wildman–Crippen LogP) is 3.11. The summed E-state index contributed by atoms with van der Waals surface area (Å²) in [6, 6.07) is 2.36. The number of methoxy groups -OCH3 is 1. The van der Waals surface area contributed by atoms with E-state index in [1.165, 1.54) is 4.88 Å². The Balaban J connectivity index is 2.82. The maximum Gasteiger partial charge on any atom is 0.0589 e. The molecular formula is C13H23BrN2OS. The van der Waals surface area contributed by atoms with Crippen LogP contribution < -0.4 is 5.73 Å². The number of nitrogens with two attached hydrogens (primary N) is 1. The highest BCUT2D eigenvalue weighted by Crippen LogP contribution is 2.32. The molecule has 0 aromatic carbocycles. The molecule has 3 nitrogen and oxygen atoms in total. The van der Waals surface area contributed by atoms with E-state index in [9.17, 15) is 0 Å². The normalized spacial score (nSPS) is 13.5. The average Bonchev–Trinajstić information content (AvgIpc) is 2.73. The van der Waals surface area contributed by atoms with E-state index >= 15 is 0 Å². The Hall–Kier alpha value is 0.0600. The highest BCUT2D eigenvalue weighted by Gasteiger charge is 2.22. The van der Waals surface area contributed by atoms with Gasteiger partial charge in [-0.3, -0.25) is 4.90 Å². The summed E-state index contributed by atoms with van der Waals surface area (Å²) in [5.41, 5.74) is 5.98. The summed E-state index contributed by atoms with van der Waals surface area (Å²) >= 11 is 5.37. The van der Waals surface area contributed by atoms with Crippen molar-refractivity contribution in [3.05, 3.63) is 20.8 Å². The van der Waals surface area contributed by atoms with Crippen molar-refractivity contribution in [3.63, 3.8) is 0 Å². The molecule has 0 aliphatic rings. The van der Waals surface area contributed by atoms with Crippen LogP contribution in [0.3, 0.4) is 0 Å². The molecule has 1 aromatic heterocycles. The van der Waals surface area contributed by atoms with E-state index in [4.69, 9.17) is 10.5 Å². The van der Waals surface area contributed by atoms with Gasteiger partial charge in [-0.25, -0.2) is 0 Å². The van der Waals surface area contributed by atoms with Gasteiger partial charge in [-0.15, -0.1) is 11.3 Å². The molecule has 1 atom stereocenters. The summed E-state index contributed by atoms with van der Waals surface area (Å²) in [4.78, 5) is 3.74. The fraction of sp³-hybridized carbons (Fsp3) is 0.692. The Bertz CT molecular complexity index is 343. The molecule has 18 heavy (non-hydrogen) atoms. The second kappa shape index (κ2) is 8.27. The Morgan fingerprint density at radius 3 is 2.67 bits per heavy atom. The van der Waals surface area contributed by atoms with Gasteiger partial charge >= 0.3 is 0 Å². The zero-order chi connectivity index (χ0) is 13.5. The number of rotatable bonds is 8. The van der Waals surface area contributed by atoms with E-state index in [0.717, 1.165) is 24.2 Å². The molecule has 0 saturated heterocycles. The monoisotopic (exact) mass is 334 g/mol. The van der Waals surface area contributed by atoms with Crippen LogP contribution in [0.2, 0.25) is 0 Å². The van der Waals surface area contributed by atoms with Crippen LogP contribution >= 0.6 is 27.3 Å². The summed E-state index contributed by atoms with van der Waals surface area (Å²) in [6.07, 6.45) is 0. The minimum atomic E-state index is 0.275. The van der Waals surface area contributed by atoms with Crippen molar-refractivity contribution in [3.8, 4) is 0 Å². The van der Waals surface area contributed by atoms with Crippen molar-refractivity contribution in [1.29, 1.82) is 0 Å². The third kappa shape index (κ3) is 4.63. The molecule has 2 N–H and O–H groups in total. The van der Waals surface area contributed by atoms with E-state index in [1.54, 1.807) is 18.4 Å². The number of nitrogens with zero attached hydrogens (tertiary/aromatic N) is 1. The molecular weight excluding hydrogens is 312 g/mol. The van der Waals surface area contributed by atoms with Crippen LogP contribution in [0.4, 0.5) is 0 Å². The summed E-state index contributed by atoms with van der Waals surface area (Å²) in [5, 5.41) is 2.10. The van der Waals surface area contributed by atoms with Crippen LogP contribution in [-0.2, 0) is 4.74 Å². The van der Waals surface area contributed by atoms with Crippen LogP contribution in [0.1, 0.15) is 24.8 Å². The first-order valence-corrected chi connectivity index (χ1v) is 7.93. The maximum atomic E-state index is 5.98. The lowest BCUT2D eigenvalue weighted by atomic mass is 10.1. The molecule has 0 amide bonds. The van der Waals surface area contributed by atoms with E-state index in [0.29, 0.717) is 12.5 Å². The lowest BCUT2D eigenvalue weighted by Crippen LogP contribution is -2.38. The quantitative estimate of drug-likeness (QED) is 0.793. The molecule has 1 aromatic rings. The van der Waals surface area contributed by atoms with Crippen molar-refractivity contribution < 1.29 is 4.74 Å². The second-order valence-corrected chi connectivity index (χ2v) is 6.57. The van der Waals surface area contributed by atoms with Crippen molar-refractivity contribution in [1.82, 2.24) is 4.90 Å². The van der Waals surface area contributed by atoms with E-state index in [1.807, 2.05) is 0 Å². The summed E-state index contributed by atoms with van der Waals surface area (Å²) in [5.74, 6) is 0.620. The van der Waals surface area contributed by atoms with Crippen LogP contribution in [0.25, 0.3) is 0 Å². The molecule has 0 bridgehead atoms. The van der Waals surface area contributed by atoms with E-state index in [-0.39, 0.29) is 6.04 Å². The molecule has 104 valence electrons. The molecule has 1 rings (SSSR count). The number of hydrogen-bond donors (Lipinski definition) is 1. The van der Waals surface area contributed by atoms with E-state index in [2.05, 4.69) is 46.1 Å². The van der Waals surface area contributed by atoms with Gasteiger partial charge in [0, 0.05) is 36.1 Å². The zero-order valence-corrected chi connectivity index (χ0v) is 13.8.